The van der Waals surface area contributed by atoms with Gasteiger partial charge in [0.2, 0.25) is 5.75 Å². The molecule has 0 bridgehead atoms. The summed E-state index contributed by atoms with van der Waals surface area (Å²) in [6, 6.07) is 9.04. The normalized spacial score (nSPS) is 16.4. The second kappa shape index (κ2) is 8.58. The average molecular weight is 419 g/mol. The number of hydrogen-bond donors (Lipinski definition) is 1. The van der Waals surface area contributed by atoms with E-state index < -0.39 is 0 Å². The Balaban J connectivity index is 1.90. The van der Waals surface area contributed by atoms with Crippen molar-refractivity contribution in [2.75, 3.05) is 21.3 Å². The van der Waals surface area contributed by atoms with Crippen LogP contribution in [0.5, 0.6) is 17.2 Å². The maximum atomic E-state index is 12.3. The Bertz CT molecular complexity index is 963. The minimum atomic E-state index is -0.226. The second-order valence-corrected chi connectivity index (χ2v) is 7.31. The van der Waals surface area contributed by atoms with Crippen molar-refractivity contribution in [1.82, 2.24) is 5.32 Å². The van der Waals surface area contributed by atoms with Gasteiger partial charge in [0.25, 0.3) is 5.91 Å². The Hall–Kier alpha value is -2.64. The third-order valence-electron chi connectivity index (χ3n) is 4.02. The molecule has 1 saturated heterocycles. The maximum absolute atomic E-state index is 12.3. The molecule has 1 heterocycles. The fourth-order valence-corrected chi connectivity index (χ4v) is 3.60. The van der Waals surface area contributed by atoms with Crippen LogP contribution in [0.25, 0.3) is 6.08 Å². The zero-order valence-corrected chi connectivity index (χ0v) is 17.4. The van der Waals surface area contributed by atoms with Crippen LogP contribution >= 0.6 is 23.4 Å². The van der Waals surface area contributed by atoms with Crippen LogP contribution in [0.2, 0.25) is 5.02 Å². The summed E-state index contributed by atoms with van der Waals surface area (Å²) in [5.74, 6) is 1.30. The highest BCUT2D eigenvalue weighted by Crippen LogP contribution is 2.39. The van der Waals surface area contributed by atoms with Crippen molar-refractivity contribution < 1.29 is 19.0 Å². The molecular weight excluding hydrogens is 400 g/mol. The summed E-state index contributed by atoms with van der Waals surface area (Å²) < 4.78 is 16.0. The smallest absolute Gasteiger partial charge is 0.264 e. The van der Waals surface area contributed by atoms with E-state index in [9.17, 15) is 4.79 Å². The molecule has 0 aromatic heterocycles. The number of thioether (sulfide) groups is 1. The van der Waals surface area contributed by atoms with Gasteiger partial charge in [0, 0.05) is 5.02 Å². The quantitative estimate of drug-likeness (QED) is 0.720. The number of amides is 1. The molecule has 0 radical (unpaired) electrons. The van der Waals surface area contributed by atoms with Gasteiger partial charge in [-0.05, 0) is 60.2 Å². The predicted octanol–water partition coefficient (Wildman–Crippen LogP) is 4.57. The molecule has 0 unspecified atom stereocenters. The maximum Gasteiger partial charge on any atom is 0.264 e. The monoisotopic (exact) mass is 418 g/mol. The van der Waals surface area contributed by atoms with E-state index in [1.54, 1.807) is 45.6 Å². The summed E-state index contributed by atoms with van der Waals surface area (Å²) >= 11 is 7.39. The molecule has 1 aliphatic heterocycles. The molecule has 0 saturated carbocycles. The number of nitrogens with one attached hydrogen (secondary N) is 1. The molecule has 0 spiro atoms. The van der Waals surface area contributed by atoms with Crippen LogP contribution in [0.15, 0.2) is 40.2 Å². The number of halogens is 1. The summed E-state index contributed by atoms with van der Waals surface area (Å²) in [6.45, 7) is 1.92. The number of aryl methyl sites for hydroxylation is 1. The first-order valence-electron chi connectivity index (χ1n) is 8.31. The number of nitrogens with zero attached hydrogens (tertiary/aromatic N) is 1. The molecule has 1 amide bonds. The molecule has 1 aliphatic rings. The fourth-order valence-electron chi connectivity index (χ4n) is 2.59. The van der Waals surface area contributed by atoms with Crippen LogP contribution in [-0.2, 0) is 4.79 Å². The first-order chi connectivity index (χ1) is 13.4. The molecule has 28 heavy (non-hydrogen) atoms. The van der Waals surface area contributed by atoms with Gasteiger partial charge >= 0.3 is 0 Å². The number of ether oxygens (including phenoxy) is 3. The standard InChI is InChI=1S/C20H19ClN2O4S/c1-11-5-6-13(10-14(11)21)22-20-23-19(24)17(28-20)9-12-7-15(25-2)18(27-4)16(8-12)26-3/h5-10H,1-4H3,(H,22,23,24). The van der Waals surface area contributed by atoms with Crippen molar-refractivity contribution in [2.45, 2.75) is 6.92 Å². The summed E-state index contributed by atoms with van der Waals surface area (Å²) in [6.07, 6.45) is 1.75. The SMILES string of the molecule is COc1cc(C=C2SC(=Nc3ccc(C)c(Cl)c3)NC2=O)cc(OC)c1OC. The number of aliphatic imine (C=N–C) groups is 1. The second-order valence-electron chi connectivity index (χ2n) is 5.87. The molecule has 2 aromatic rings. The highest BCUT2D eigenvalue weighted by molar-refractivity contribution is 8.18. The van der Waals surface area contributed by atoms with Crippen LogP contribution in [0.4, 0.5) is 5.69 Å². The molecule has 1 fully saturated rings. The number of rotatable bonds is 5. The highest BCUT2D eigenvalue weighted by Gasteiger charge is 2.24. The van der Waals surface area contributed by atoms with Gasteiger partial charge in [-0.3, -0.25) is 4.79 Å². The fraction of sp³-hybridized carbons (Fsp3) is 0.200. The first kappa shape index (κ1) is 20.1. The summed E-state index contributed by atoms with van der Waals surface area (Å²) in [4.78, 5) is 17.3. The van der Waals surface area contributed by atoms with Gasteiger partial charge in [0.05, 0.1) is 31.9 Å². The largest absolute Gasteiger partial charge is 0.493 e. The minimum Gasteiger partial charge on any atom is -0.493 e. The lowest BCUT2D eigenvalue weighted by atomic mass is 10.1. The Morgan fingerprint density at radius 2 is 1.75 bits per heavy atom. The van der Waals surface area contributed by atoms with E-state index in [1.807, 2.05) is 19.1 Å². The van der Waals surface area contributed by atoms with Crippen LogP contribution in [0.3, 0.4) is 0 Å². The van der Waals surface area contributed by atoms with Crippen LogP contribution in [0, 0.1) is 6.92 Å². The molecule has 0 atom stereocenters. The molecule has 1 N–H and O–H groups in total. The van der Waals surface area contributed by atoms with Gasteiger partial charge in [-0.1, -0.05) is 17.7 Å². The van der Waals surface area contributed by atoms with E-state index in [4.69, 9.17) is 25.8 Å². The van der Waals surface area contributed by atoms with E-state index >= 15 is 0 Å². The van der Waals surface area contributed by atoms with Crippen molar-refractivity contribution >= 4 is 46.2 Å². The summed E-state index contributed by atoms with van der Waals surface area (Å²) in [7, 11) is 4.63. The molecule has 0 aliphatic carbocycles. The van der Waals surface area contributed by atoms with Gasteiger partial charge in [-0.2, -0.15) is 0 Å². The van der Waals surface area contributed by atoms with Gasteiger partial charge in [-0.25, -0.2) is 4.99 Å². The lowest BCUT2D eigenvalue weighted by Gasteiger charge is -2.12. The third kappa shape index (κ3) is 4.26. The van der Waals surface area contributed by atoms with Gasteiger partial charge in [-0.15, -0.1) is 0 Å². The van der Waals surface area contributed by atoms with E-state index in [2.05, 4.69) is 10.3 Å². The van der Waals surface area contributed by atoms with Crippen molar-refractivity contribution in [3.8, 4) is 17.2 Å². The molecule has 3 rings (SSSR count). The Morgan fingerprint density at radius 3 is 2.32 bits per heavy atom. The number of benzene rings is 2. The zero-order chi connectivity index (χ0) is 20.3. The van der Waals surface area contributed by atoms with Crippen molar-refractivity contribution in [2.24, 2.45) is 4.99 Å². The lowest BCUT2D eigenvalue weighted by molar-refractivity contribution is -0.115. The zero-order valence-electron chi connectivity index (χ0n) is 15.8. The average Bonchev–Trinajstić information content (AvgIpc) is 3.02. The topological polar surface area (TPSA) is 69.2 Å². The number of hydrogen-bond acceptors (Lipinski definition) is 6. The highest BCUT2D eigenvalue weighted by atomic mass is 35.5. The van der Waals surface area contributed by atoms with Crippen molar-refractivity contribution in [3.05, 3.63) is 51.4 Å². The molecule has 6 nitrogen and oxygen atoms in total. The Morgan fingerprint density at radius 1 is 1.07 bits per heavy atom. The number of carbonyl (C=O) groups excluding carboxylic acids is 1. The number of amidine groups is 1. The third-order valence-corrected chi connectivity index (χ3v) is 5.34. The van der Waals surface area contributed by atoms with E-state index in [0.717, 1.165) is 11.1 Å². The van der Waals surface area contributed by atoms with Gasteiger partial charge < -0.3 is 19.5 Å². The van der Waals surface area contributed by atoms with Crippen LogP contribution in [0.1, 0.15) is 11.1 Å². The van der Waals surface area contributed by atoms with Crippen molar-refractivity contribution in [1.29, 1.82) is 0 Å². The Labute approximate surface area is 172 Å². The first-order valence-corrected chi connectivity index (χ1v) is 9.50. The van der Waals surface area contributed by atoms with Crippen LogP contribution < -0.4 is 19.5 Å². The Kier molecular flexibility index (Phi) is 6.16. The van der Waals surface area contributed by atoms with Crippen molar-refractivity contribution in [3.63, 3.8) is 0 Å². The van der Waals surface area contributed by atoms with E-state index in [0.29, 0.717) is 38.0 Å². The minimum absolute atomic E-state index is 0.226. The molecule has 2 aromatic carbocycles. The number of methoxy groups -OCH3 is 3. The molecule has 8 heteroatoms. The summed E-state index contributed by atoms with van der Waals surface area (Å²) in [5, 5.41) is 3.88. The molecular formula is C20H19ClN2O4S. The number of carbonyl (C=O) groups is 1. The van der Waals surface area contributed by atoms with Crippen LogP contribution in [-0.4, -0.2) is 32.4 Å². The van der Waals surface area contributed by atoms with Gasteiger partial charge in [0.15, 0.2) is 16.7 Å². The summed E-state index contributed by atoms with van der Waals surface area (Å²) in [5.41, 5.74) is 2.39. The van der Waals surface area contributed by atoms with E-state index in [1.165, 1.54) is 11.8 Å². The molecule has 146 valence electrons. The lowest BCUT2D eigenvalue weighted by Crippen LogP contribution is -2.19. The van der Waals surface area contributed by atoms with Gasteiger partial charge in [0.1, 0.15) is 0 Å². The van der Waals surface area contributed by atoms with E-state index in [-0.39, 0.29) is 5.91 Å². The predicted molar refractivity (Wildman–Crippen MR) is 113 cm³/mol.